The summed E-state index contributed by atoms with van der Waals surface area (Å²) < 4.78 is 0. The number of aliphatic hydroxyl groups is 1. The van der Waals surface area contributed by atoms with Crippen LogP contribution < -0.4 is 0 Å². The molecule has 1 aliphatic carbocycles. The van der Waals surface area contributed by atoms with Gasteiger partial charge in [0.15, 0.2) is 5.78 Å². The Morgan fingerprint density at radius 3 is 2.56 bits per heavy atom. The van der Waals surface area contributed by atoms with Gasteiger partial charge in [0, 0.05) is 11.0 Å². The van der Waals surface area contributed by atoms with Crippen LogP contribution in [-0.4, -0.2) is 16.5 Å². The van der Waals surface area contributed by atoms with Crippen molar-refractivity contribution in [2.45, 2.75) is 39.2 Å². The van der Waals surface area contributed by atoms with Crippen LogP contribution in [0.4, 0.5) is 0 Å². The van der Waals surface area contributed by atoms with Gasteiger partial charge in [-0.15, -0.1) is 0 Å². The first-order valence-corrected chi connectivity index (χ1v) is 5.77. The fourth-order valence-electron chi connectivity index (χ4n) is 2.69. The van der Waals surface area contributed by atoms with Gasteiger partial charge in [-0.2, -0.15) is 0 Å². The summed E-state index contributed by atoms with van der Waals surface area (Å²) in [4.78, 5) is 12.3. The van der Waals surface area contributed by atoms with Crippen molar-refractivity contribution in [2.24, 2.45) is 5.41 Å². The minimum Gasteiger partial charge on any atom is -0.381 e. The van der Waals surface area contributed by atoms with E-state index in [4.69, 9.17) is 0 Å². The van der Waals surface area contributed by atoms with E-state index in [1.165, 1.54) is 0 Å². The van der Waals surface area contributed by atoms with Gasteiger partial charge < -0.3 is 5.11 Å². The number of fused-ring (bicyclic) bond motifs is 1. The Labute approximate surface area is 96.3 Å². The van der Waals surface area contributed by atoms with E-state index < -0.39 is 11.0 Å². The van der Waals surface area contributed by atoms with Crippen molar-refractivity contribution < 1.29 is 9.90 Å². The molecule has 2 nitrogen and oxygen atoms in total. The van der Waals surface area contributed by atoms with E-state index in [9.17, 15) is 9.90 Å². The Kier molecular flexibility index (Phi) is 2.43. The Hall–Kier alpha value is -1.15. The lowest BCUT2D eigenvalue weighted by Gasteiger charge is -2.45. The molecule has 1 atom stereocenters. The monoisotopic (exact) mass is 218 g/mol. The zero-order valence-corrected chi connectivity index (χ0v) is 10.1. The molecule has 0 unspecified atom stereocenters. The van der Waals surface area contributed by atoms with Gasteiger partial charge in [-0.05, 0) is 18.4 Å². The van der Waals surface area contributed by atoms with E-state index in [-0.39, 0.29) is 5.78 Å². The van der Waals surface area contributed by atoms with Crippen LogP contribution >= 0.6 is 0 Å². The highest BCUT2D eigenvalue weighted by Crippen LogP contribution is 2.44. The van der Waals surface area contributed by atoms with Crippen molar-refractivity contribution in [3.05, 3.63) is 35.4 Å². The second-order valence-corrected chi connectivity index (χ2v) is 5.26. The molecule has 0 heterocycles. The summed E-state index contributed by atoms with van der Waals surface area (Å²) in [7, 11) is 0. The Morgan fingerprint density at radius 1 is 1.31 bits per heavy atom. The smallest absolute Gasteiger partial charge is 0.195 e. The minimum atomic E-state index is -1.22. The van der Waals surface area contributed by atoms with E-state index in [2.05, 4.69) is 0 Å². The molecule has 0 spiro atoms. The third-order valence-corrected chi connectivity index (χ3v) is 3.90. The summed E-state index contributed by atoms with van der Waals surface area (Å²) >= 11 is 0. The molecule has 1 aromatic rings. The van der Waals surface area contributed by atoms with Gasteiger partial charge in [-0.1, -0.05) is 45.0 Å². The molecule has 16 heavy (non-hydrogen) atoms. The lowest BCUT2D eigenvalue weighted by Crippen LogP contribution is -2.55. The Bertz CT molecular complexity index is 434. The van der Waals surface area contributed by atoms with Crippen LogP contribution in [0, 0.1) is 5.41 Å². The number of benzene rings is 1. The van der Waals surface area contributed by atoms with Gasteiger partial charge >= 0.3 is 0 Å². The van der Waals surface area contributed by atoms with Crippen molar-refractivity contribution in [2.75, 3.05) is 0 Å². The average Bonchev–Trinajstić information content (AvgIpc) is 2.25. The summed E-state index contributed by atoms with van der Waals surface area (Å²) in [6, 6.07) is 7.58. The summed E-state index contributed by atoms with van der Waals surface area (Å²) in [5.74, 6) is -0.123. The first-order valence-electron chi connectivity index (χ1n) is 5.77. The molecule has 0 aromatic heterocycles. The molecular formula is C14H18O2. The number of rotatable bonds is 1. The predicted molar refractivity (Wildman–Crippen MR) is 63.5 cm³/mol. The van der Waals surface area contributed by atoms with Crippen molar-refractivity contribution in [3.8, 4) is 0 Å². The predicted octanol–water partition coefficient (Wildman–Crippen LogP) is 2.59. The molecule has 0 saturated carbocycles. The van der Waals surface area contributed by atoms with Gasteiger partial charge in [0.2, 0.25) is 0 Å². The molecule has 0 saturated heterocycles. The third-order valence-electron chi connectivity index (χ3n) is 3.90. The average molecular weight is 218 g/mol. The van der Waals surface area contributed by atoms with Crippen molar-refractivity contribution in [3.63, 3.8) is 0 Å². The molecule has 0 bridgehead atoms. The van der Waals surface area contributed by atoms with E-state index in [1.54, 1.807) is 0 Å². The van der Waals surface area contributed by atoms with Crippen LogP contribution in [0.1, 0.15) is 43.1 Å². The van der Waals surface area contributed by atoms with Gasteiger partial charge in [0.05, 0.1) is 0 Å². The highest BCUT2D eigenvalue weighted by atomic mass is 16.3. The van der Waals surface area contributed by atoms with Crippen LogP contribution in [0.3, 0.4) is 0 Å². The number of ketones is 1. The lowest BCUT2D eigenvalue weighted by molar-refractivity contribution is -0.0474. The molecule has 0 amide bonds. The summed E-state index contributed by atoms with van der Waals surface area (Å²) in [6.07, 6.45) is 1.21. The third kappa shape index (κ3) is 1.33. The molecule has 1 aromatic carbocycles. The molecule has 0 aliphatic heterocycles. The number of hydrogen-bond acceptors (Lipinski definition) is 2. The van der Waals surface area contributed by atoms with Gasteiger partial charge in [-0.3, -0.25) is 4.79 Å². The van der Waals surface area contributed by atoms with E-state index in [0.29, 0.717) is 12.0 Å². The van der Waals surface area contributed by atoms with Crippen LogP contribution in [-0.2, 0) is 6.42 Å². The molecule has 0 fully saturated rings. The normalized spacial score (nSPS) is 27.6. The summed E-state index contributed by atoms with van der Waals surface area (Å²) in [5, 5.41) is 10.6. The second-order valence-electron chi connectivity index (χ2n) is 5.26. The Morgan fingerprint density at radius 2 is 1.94 bits per heavy atom. The van der Waals surface area contributed by atoms with Crippen molar-refractivity contribution in [1.82, 2.24) is 0 Å². The fraction of sp³-hybridized carbons (Fsp3) is 0.500. The van der Waals surface area contributed by atoms with Gasteiger partial charge in [0.1, 0.15) is 5.60 Å². The number of Topliss-reactive ketones (excluding diaryl/α,β-unsaturated/α-hetero) is 1. The first kappa shape index (κ1) is 11.3. The molecule has 86 valence electrons. The first-order chi connectivity index (χ1) is 7.42. The minimum absolute atomic E-state index is 0.123. The molecule has 1 N–H and O–H groups in total. The fourth-order valence-corrected chi connectivity index (χ4v) is 2.69. The van der Waals surface area contributed by atoms with Gasteiger partial charge in [0.25, 0.3) is 0 Å². The van der Waals surface area contributed by atoms with E-state index >= 15 is 0 Å². The molecule has 2 heteroatoms. The molecule has 1 aliphatic rings. The number of carbonyl (C=O) groups excluding carboxylic acids is 1. The Balaban J connectivity index is 2.61. The van der Waals surface area contributed by atoms with Crippen LogP contribution in [0.2, 0.25) is 0 Å². The summed E-state index contributed by atoms with van der Waals surface area (Å²) in [6.45, 7) is 5.79. The second kappa shape index (κ2) is 3.42. The maximum atomic E-state index is 12.3. The maximum absolute atomic E-state index is 12.3. The lowest BCUT2D eigenvalue weighted by atomic mass is 9.62. The maximum Gasteiger partial charge on any atom is 0.195 e. The van der Waals surface area contributed by atoms with Crippen molar-refractivity contribution in [1.29, 1.82) is 0 Å². The zero-order chi connectivity index (χ0) is 12.0. The highest BCUT2D eigenvalue weighted by molar-refractivity contribution is 6.05. The van der Waals surface area contributed by atoms with Crippen molar-refractivity contribution >= 4 is 5.78 Å². The topological polar surface area (TPSA) is 37.3 Å². The SMILES string of the molecule is CC[C@@]1(O)C(=O)c2ccccc2CC1(C)C. The van der Waals surface area contributed by atoms with E-state index in [0.717, 1.165) is 12.0 Å². The van der Waals surface area contributed by atoms with Crippen LogP contribution in [0.5, 0.6) is 0 Å². The molecular weight excluding hydrogens is 200 g/mol. The number of hydrogen-bond donors (Lipinski definition) is 1. The van der Waals surface area contributed by atoms with E-state index in [1.807, 2.05) is 45.0 Å². The standard InChI is InChI=1S/C14H18O2/c1-4-14(16)12(15)11-8-6-5-7-10(11)9-13(14,2)3/h5-8,16H,4,9H2,1-3H3/t14-/m1/s1. The number of carbonyl (C=O) groups is 1. The highest BCUT2D eigenvalue weighted by Gasteiger charge is 2.51. The summed E-state index contributed by atoms with van der Waals surface area (Å²) in [5.41, 5.74) is 0.121. The van der Waals surface area contributed by atoms with Gasteiger partial charge in [-0.25, -0.2) is 0 Å². The quantitative estimate of drug-likeness (QED) is 0.786. The zero-order valence-electron chi connectivity index (χ0n) is 10.1. The molecule has 2 rings (SSSR count). The van der Waals surface area contributed by atoms with Crippen LogP contribution in [0.15, 0.2) is 24.3 Å². The molecule has 0 radical (unpaired) electrons. The largest absolute Gasteiger partial charge is 0.381 e. The van der Waals surface area contributed by atoms with Crippen LogP contribution in [0.25, 0.3) is 0 Å².